The molecule has 2 rings (SSSR count). The summed E-state index contributed by atoms with van der Waals surface area (Å²) in [6.07, 6.45) is 1.36. The molecule has 1 amide bonds. The Morgan fingerprint density at radius 2 is 2.05 bits per heavy atom. The maximum Gasteiger partial charge on any atom is 0.278 e. The Hall–Kier alpha value is -2.45. The molecule has 1 aromatic carbocycles. The van der Waals surface area contributed by atoms with Crippen molar-refractivity contribution in [1.29, 1.82) is 0 Å². The van der Waals surface area contributed by atoms with Gasteiger partial charge in [0.1, 0.15) is 5.75 Å². The molecule has 110 valence electrons. The van der Waals surface area contributed by atoms with E-state index in [4.69, 9.17) is 5.14 Å². The van der Waals surface area contributed by atoms with Gasteiger partial charge in [-0.25, -0.2) is 18.5 Å². The van der Waals surface area contributed by atoms with Crippen LogP contribution in [0.25, 0.3) is 0 Å². The van der Waals surface area contributed by atoms with Crippen LogP contribution in [0.5, 0.6) is 5.75 Å². The molecule has 2 aromatic rings. The molecule has 4 N–H and O–H groups in total. The highest BCUT2D eigenvalue weighted by atomic mass is 32.2. The van der Waals surface area contributed by atoms with Gasteiger partial charge in [0.05, 0.1) is 4.90 Å². The molecule has 8 heteroatoms. The van der Waals surface area contributed by atoms with Crippen molar-refractivity contribution in [3.8, 4) is 5.75 Å². The van der Waals surface area contributed by atoms with Crippen LogP contribution in [-0.2, 0) is 10.0 Å². The summed E-state index contributed by atoms with van der Waals surface area (Å²) in [5.41, 5.74) is 0.764. The predicted molar refractivity (Wildman–Crippen MR) is 76.4 cm³/mol. The standard InChI is InChI=1S/C13H13N3O4S/c1-8-4-5-9(21(14,19)20)7-10(8)16-13(18)12-11(17)3-2-6-15-12/h2-7,17H,1H3,(H,16,18)(H2,14,19,20). The molecule has 0 bridgehead atoms. The minimum absolute atomic E-state index is 0.117. The maximum absolute atomic E-state index is 12.0. The first-order valence-corrected chi connectivity index (χ1v) is 7.42. The third-order valence-electron chi connectivity index (χ3n) is 2.79. The number of carbonyl (C=O) groups excluding carboxylic acids is 1. The first-order valence-electron chi connectivity index (χ1n) is 5.88. The third kappa shape index (κ3) is 3.36. The number of nitrogens with two attached hydrogens (primary N) is 1. The van der Waals surface area contributed by atoms with Crippen molar-refractivity contribution < 1.29 is 18.3 Å². The maximum atomic E-state index is 12.0. The zero-order valence-corrected chi connectivity index (χ0v) is 11.9. The highest BCUT2D eigenvalue weighted by Gasteiger charge is 2.15. The Kier molecular flexibility index (Phi) is 3.92. The molecule has 0 radical (unpaired) electrons. The summed E-state index contributed by atoms with van der Waals surface area (Å²) in [6.45, 7) is 1.70. The number of aromatic nitrogens is 1. The average molecular weight is 307 g/mol. The number of aromatic hydroxyl groups is 1. The van der Waals surface area contributed by atoms with Gasteiger partial charge in [-0.05, 0) is 36.8 Å². The second-order valence-corrected chi connectivity index (χ2v) is 5.91. The van der Waals surface area contributed by atoms with Gasteiger partial charge >= 0.3 is 0 Å². The number of aryl methyl sites for hydroxylation is 1. The number of benzene rings is 1. The molecule has 0 aliphatic rings. The first kappa shape index (κ1) is 14.9. The zero-order valence-electron chi connectivity index (χ0n) is 11.1. The molecule has 0 aliphatic carbocycles. The minimum atomic E-state index is -3.87. The number of anilines is 1. The molecule has 0 saturated carbocycles. The van der Waals surface area contributed by atoms with Crippen molar-refractivity contribution in [2.45, 2.75) is 11.8 Å². The average Bonchev–Trinajstić information content (AvgIpc) is 2.40. The van der Waals surface area contributed by atoms with Gasteiger partial charge in [-0.3, -0.25) is 4.79 Å². The van der Waals surface area contributed by atoms with Crippen LogP contribution < -0.4 is 10.5 Å². The van der Waals surface area contributed by atoms with E-state index in [0.717, 1.165) is 0 Å². The van der Waals surface area contributed by atoms with Crippen molar-refractivity contribution in [1.82, 2.24) is 4.98 Å². The topological polar surface area (TPSA) is 122 Å². The van der Waals surface area contributed by atoms with Gasteiger partial charge in [-0.15, -0.1) is 0 Å². The molecule has 1 aromatic heterocycles. The Balaban J connectivity index is 2.36. The van der Waals surface area contributed by atoms with E-state index in [2.05, 4.69) is 10.3 Å². The van der Waals surface area contributed by atoms with Gasteiger partial charge in [-0.1, -0.05) is 6.07 Å². The number of hydrogen-bond acceptors (Lipinski definition) is 5. The summed E-state index contributed by atoms with van der Waals surface area (Å²) in [6, 6.07) is 6.93. The highest BCUT2D eigenvalue weighted by molar-refractivity contribution is 7.89. The molecule has 1 heterocycles. The number of primary sulfonamides is 1. The summed E-state index contributed by atoms with van der Waals surface area (Å²) in [7, 11) is -3.87. The molecule has 0 atom stereocenters. The van der Waals surface area contributed by atoms with Crippen molar-refractivity contribution in [2.24, 2.45) is 5.14 Å². The van der Waals surface area contributed by atoms with E-state index in [9.17, 15) is 18.3 Å². The summed E-state index contributed by atoms with van der Waals surface area (Å²) >= 11 is 0. The van der Waals surface area contributed by atoms with Crippen LogP contribution in [0.1, 0.15) is 16.1 Å². The lowest BCUT2D eigenvalue weighted by Gasteiger charge is -2.10. The largest absolute Gasteiger partial charge is 0.505 e. The van der Waals surface area contributed by atoms with Gasteiger partial charge in [0.2, 0.25) is 10.0 Å². The van der Waals surface area contributed by atoms with Crippen LogP contribution in [0.15, 0.2) is 41.4 Å². The summed E-state index contributed by atoms with van der Waals surface area (Å²) in [5.74, 6) is -0.918. The number of hydrogen-bond donors (Lipinski definition) is 3. The Morgan fingerprint density at radius 1 is 1.33 bits per heavy atom. The molecule has 7 nitrogen and oxygen atoms in total. The van der Waals surface area contributed by atoms with E-state index in [-0.39, 0.29) is 22.0 Å². The summed E-state index contributed by atoms with van der Waals surface area (Å²) in [4.78, 5) is 15.7. The molecule has 0 saturated heterocycles. The summed E-state index contributed by atoms with van der Waals surface area (Å²) in [5, 5.41) is 17.1. The van der Waals surface area contributed by atoms with E-state index < -0.39 is 15.9 Å². The SMILES string of the molecule is Cc1ccc(S(N)(=O)=O)cc1NC(=O)c1ncccc1O. The second-order valence-electron chi connectivity index (χ2n) is 4.35. The van der Waals surface area contributed by atoms with Crippen LogP contribution in [-0.4, -0.2) is 24.4 Å². The van der Waals surface area contributed by atoms with Gasteiger partial charge in [0.15, 0.2) is 5.69 Å². The number of pyridine rings is 1. The van der Waals surface area contributed by atoms with Crippen molar-refractivity contribution >= 4 is 21.6 Å². The first-order chi connectivity index (χ1) is 9.79. The smallest absolute Gasteiger partial charge is 0.278 e. The number of sulfonamides is 1. The lowest BCUT2D eigenvalue weighted by Crippen LogP contribution is -2.16. The Bertz CT molecular complexity index is 803. The Labute approximate surface area is 121 Å². The predicted octanol–water partition coefficient (Wildman–Crippen LogP) is 0.995. The highest BCUT2D eigenvalue weighted by Crippen LogP contribution is 2.21. The van der Waals surface area contributed by atoms with E-state index >= 15 is 0 Å². The van der Waals surface area contributed by atoms with Crippen LogP contribution in [0.3, 0.4) is 0 Å². The molecule has 0 spiro atoms. The van der Waals surface area contributed by atoms with Gasteiger partial charge in [0.25, 0.3) is 5.91 Å². The summed E-state index contributed by atoms with van der Waals surface area (Å²) < 4.78 is 22.6. The van der Waals surface area contributed by atoms with E-state index in [1.54, 1.807) is 6.92 Å². The van der Waals surface area contributed by atoms with E-state index in [1.165, 1.54) is 36.5 Å². The van der Waals surface area contributed by atoms with Crippen molar-refractivity contribution in [2.75, 3.05) is 5.32 Å². The monoisotopic (exact) mass is 307 g/mol. The number of amides is 1. The van der Waals surface area contributed by atoms with Crippen LogP contribution in [0.4, 0.5) is 5.69 Å². The van der Waals surface area contributed by atoms with Crippen molar-refractivity contribution in [3.63, 3.8) is 0 Å². The zero-order chi connectivity index (χ0) is 15.6. The van der Waals surface area contributed by atoms with Crippen LogP contribution >= 0.6 is 0 Å². The molecule has 0 unspecified atom stereocenters. The van der Waals surface area contributed by atoms with Gasteiger partial charge in [-0.2, -0.15) is 0 Å². The lowest BCUT2D eigenvalue weighted by molar-refractivity contribution is 0.101. The molecule has 0 fully saturated rings. The lowest BCUT2D eigenvalue weighted by atomic mass is 10.2. The number of rotatable bonds is 3. The fraction of sp³-hybridized carbons (Fsp3) is 0.0769. The fourth-order valence-electron chi connectivity index (χ4n) is 1.67. The minimum Gasteiger partial charge on any atom is -0.505 e. The number of nitrogens with one attached hydrogen (secondary N) is 1. The molecule has 0 aliphatic heterocycles. The normalized spacial score (nSPS) is 11.1. The number of nitrogens with zero attached hydrogens (tertiary/aromatic N) is 1. The van der Waals surface area contributed by atoms with Crippen LogP contribution in [0, 0.1) is 6.92 Å². The van der Waals surface area contributed by atoms with E-state index in [0.29, 0.717) is 5.56 Å². The third-order valence-corrected chi connectivity index (χ3v) is 3.70. The van der Waals surface area contributed by atoms with Gasteiger partial charge < -0.3 is 10.4 Å². The van der Waals surface area contributed by atoms with E-state index in [1.807, 2.05) is 0 Å². The quantitative estimate of drug-likeness (QED) is 0.780. The fourth-order valence-corrected chi connectivity index (χ4v) is 2.21. The van der Waals surface area contributed by atoms with Crippen LogP contribution in [0.2, 0.25) is 0 Å². The number of carbonyl (C=O) groups is 1. The second kappa shape index (κ2) is 5.51. The molecular weight excluding hydrogens is 294 g/mol. The van der Waals surface area contributed by atoms with Gasteiger partial charge in [0, 0.05) is 11.9 Å². The molecular formula is C13H13N3O4S. The van der Waals surface area contributed by atoms with Crippen molar-refractivity contribution in [3.05, 3.63) is 47.8 Å². The Morgan fingerprint density at radius 3 is 2.67 bits per heavy atom. The molecule has 21 heavy (non-hydrogen) atoms.